The maximum Gasteiger partial charge on any atom is 0.0949 e. The van der Waals surface area contributed by atoms with Gasteiger partial charge < -0.3 is 10.1 Å². The van der Waals surface area contributed by atoms with Crippen LogP contribution in [-0.2, 0) is 4.74 Å². The van der Waals surface area contributed by atoms with Crippen LogP contribution in [0.3, 0.4) is 0 Å². The minimum absolute atomic E-state index is 0.102. The van der Waals surface area contributed by atoms with Crippen molar-refractivity contribution in [3.63, 3.8) is 0 Å². The lowest BCUT2D eigenvalue weighted by Gasteiger charge is -2.26. The monoisotopic (exact) mass is 295 g/mol. The summed E-state index contributed by atoms with van der Waals surface area (Å²) in [5.41, 5.74) is 1.30. The second kappa shape index (κ2) is 6.93. The summed E-state index contributed by atoms with van der Waals surface area (Å²) in [7, 11) is 0. The van der Waals surface area contributed by atoms with Gasteiger partial charge in [0.15, 0.2) is 0 Å². The van der Waals surface area contributed by atoms with E-state index >= 15 is 0 Å². The topological polar surface area (TPSA) is 21.3 Å². The Labute approximate surface area is 127 Å². The summed E-state index contributed by atoms with van der Waals surface area (Å²) < 4.78 is 6.11. The highest BCUT2D eigenvalue weighted by Gasteiger charge is 2.22. The molecule has 0 radical (unpaired) electrons. The zero-order chi connectivity index (χ0) is 14.6. The third kappa shape index (κ3) is 5.82. The van der Waals surface area contributed by atoms with Crippen LogP contribution in [0.1, 0.15) is 51.7 Å². The molecule has 1 aromatic carbocycles. The van der Waals surface area contributed by atoms with Crippen molar-refractivity contribution in [2.24, 2.45) is 5.92 Å². The third-order valence-electron chi connectivity index (χ3n) is 3.60. The fraction of sp³-hybridized carbons (Fsp3) is 0.647. The van der Waals surface area contributed by atoms with Crippen LogP contribution in [-0.4, -0.2) is 18.7 Å². The standard InChI is InChI=1S/C17H26ClNO/c1-17(2,3)19-12-16(20-11-10-13-4-5-13)14-6-8-15(18)9-7-14/h6-9,13,16,19H,4-5,10-12H2,1-3H3. The Hall–Kier alpha value is -0.570. The first-order chi connectivity index (χ1) is 9.44. The first kappa shape index (κ1) is 15.8. The molecule has 112 valence electrons. The van der Waals surface area contributed by atoms with E-state index in [1.54, 1.807) is 0 Å². The minimum Gasteiger partial charge on any atom is -0.372 e. The Balaban J connectivity index is 1.92. The summed E-state index contributed by atoms with van der Waals surface area (Å²) in [5.74, 6) is 0.913. The highest BCUT2D eigenvalue weighted by molar-refractivity contribution is 6.30. The number of hydrogen-bond donors (Lipinski definition) is 1. The van der Waals surface area contributed by atoms with Crippen LogP contribution in [0.5, 0.6) is 0 Å². The van der Waals surface area contributed by atoms with Crippen LogP contribution in [0.2, 0.25) is 5.02 Å². The van der Waals surface area contributed by atoms with E-state index in [4.69, 9.17) is 16.3 Å². The van der Waals surface area contributed by atoms with Gasteiger partial charge >= 0.3 is 0 Å². The molecule has 1 aliphatic rings. The Morgan fingerprint density at radius 2 is 1.90 bits per heavy atom. The van der Waals surface area contributed by atoms with E-state index < -0.39 is 0 Å². The maximum atomic E-state index is 6.11. The molecular weight excluding hydrogens is 270 g/mol. The molecule has 0 aliphatic heterocycles. The average molecular weight is 296 g/mol. The molecular formula is C17H26ClNO. The Kier molecular flexibility index (Phi) is 5.48. The number of benzene rings is 1. The van der Waals surface area contributed by atoms with E-state index in [1.165, 1.54) is 24.8 Å². The molecule has 20 heavy (non-hydrogen) atoms. The Morgan fingerprint density at radius 1 is 1.25 bits per heavy atom. The molecule has 1 fully saturated rings. The van der Waals surface area contributed by atoms with Crippen molar-refractivity contribution in [3.8, 4) is 0 Å². The lowest BCUT2D eigenvalue weighted by Crippen LogP contribution is -2.39. The zero-order valence-electron chi connectivity index (χ0n) is 12.8. The van der Waals surface area contributed by atoms with Crippen molar-refractivity contribution in [1.29, 1.82) is 0 Å². The van der Waals surface area contributed by atoms with E-state index in [2.05, 4.69) is 38.2 Å². The van der Waals surface area contributed by atoms with Crippen molar-refractivity contribution in [1.82, 2.24) is 5.32 Å². The van der Waals surface area contributed by atoms with Gasteiger partial charge in [0.05, 0.1) is 6.10 Å². The highest BCUT2D eigenvalue weighted by atomic mass is 35.5. The van der Waals surface area contributed by atoms with E-state index in [0.717, 1.165) is 24.1 Å². The van der Waals surface area contributed by atoms with E-state index in [0.29, 0.717) is 0 Å². The van der Waals surface area contributed by atoms with Crippen molar-refractivity contribution in [2.45, 2.75) is 51.7 Å². The first-order valence-electron chi connectivity index (χ1n) is 7.56. The van der Waals surface area contributed by atoms with Gasteiger partial charge in [0.2, 0.25) is 0 Å². The fourth-order valence-corrected chi connectivity index (χ4v) is 2.26. The maximum absolute atomic E-state index is 6.11. The molecule has 1 saturated carbocycles. The van der Waals surface area contributed by atoms with E-state index in [1.807, 2.05) is 12.1 Å². The summed E-state index contributed by atoms with van der Waals surface area (Å²) >= 11 is 5.96. The van der Waals surface area contributed by atoms with Crippen molar-refractivity contribution in [3.05, 3.63) is 34.9 Å². The van der Waals surface area contributed by atoms with Gasteiger partial charge in [-0.25, -0.2) is 0 Å². The molecule has 0 bridgehead atoms. The van der Waals surface area contributed by atoms with Crippen LogP contribution in [0.25, 0.3) is 0 Å². The molecule has 1 N–H and O–H groups in total. The fourth-order valence-electron chi connectivity index (χ4n) is 2.13. The molecule has 0 saturated heterocycles. The molecule has 1 aromatic rings. The molecule has 2 rings (SSSR count). The third-order valence-corrected chi connectivity index (χ3v) is 3.85. The second-order valence-electron chi connectivity index (χ2n) is 6.77. The van der Waals surface area contributed by atoms with Crippen LogP contribution in [0, 0.1) is 5.92 Å². The lowest BCUT2D eigenvalue weighted by atomic mass is 10.1. The number of hydrogen-bond acceptors (Lipinski definition) is 2. The van der Waals surface area contributed by atoms with E-state index in [9.17, 15) is 0 Å². The summed E-state index contributed by atoms with van der Waals surface area (Å²) in [6.45, 7) is 8.21. The summed E-state index contributed by atoms with van der Waals surface area (Å²) in [6.07, 6.45) is 4.06. The van der Waals surface area contributed by atoms with Crippen LogP contribution < -0.4 is 5.32 Å². The van der Waals surface area contributed by atoms with Gasteiger partial charge in [-0.3, -0.25) is 0 Å². The SMILES string of the molecule is CC(C)(C)NCC(OCCC1CC1)c1ccc(Cl)cc1. The Bertz CT molecular complexity index is 406. The average Bonchev–Trinajstić information content (AvgIpc) is 3.18. The van der Waals surface area contributed by atoms with Gasteiger partial charge in [0.1, 0.15) is 0 Å². The number of rotatable bonds is 7. The lowest BCUT2D eigenvalue weighted by molar-refractivity contribution is 0.0445. The minimum atomic E-state index is 0.102. The first-order valence-corrected chi connectivity index (χ1v) is 7.94. The second-order valence-corrected chi connectivity index (χ2v) is 7.21. The van der Waals surface area contributed by atoms with Crippen molar-refractivity contribution >= 4 is 11.6 Å². The molecule has 0 heterocycles. The number of nitrogens with one attached hydrogen (secondary N) is 1. The highest BCUT2D eigenvalue weighted by Crippen LogP contribution is 2.33. The van der Waals surface area contributed by atoms with Gasteiger partial charge in [-0.1, -0.05) is 36.6 Å². The molecule has 1 atom stereocenters. The summed E-state index contributed by atoms with van der Waals surface area (Å²) in [4.78, 5) is 0. The quantitative estimate of drug-likeness (QED) is 0.794. The molecule has 2 nitrogen and oxygen atoms in total. The van der Waals surface area contributed by atoms with Crippen LogP contribution >= 0.6 is 11.6 Å². The molecule has 0 spiro atoms. The number of halogens is 1. The largest absolute Gasteiger partial charge is 0.372 e. The molecule has 1 unspecified atom stereocenters. The van der Waals surface area contributed by atoms with Crippen molar-refractivity contribution in [2.75, 3.05) is 13.2 Å². The van der Waals surface area contributed by atoms with Gasteiger partial charge in [0, 0.05) is 23.7 Å². The van der Waals surface area contributed by atoms with Crippen LogP contribution in [0.4, 0.5) is 0 Å². The zero-order valence-corrected chi connectivity index (χ0v) is 13.5. The number of ether oxygens (including phenoxy) is 1. The Morgan fingerprint density at radius 3 is 2.45 bits per heavy atom. The molecule has 3 heteroatoms. The molecule has 1 aliphatic carbocycles. The normalized spacial score (nSPS) is 17.2. The van der Waals surface area contributed by atoms with E-state index in [-0.39, 0.29) is 11.6 Å². The van der Waals surface area contributed by atoms with Gasteiger partial charge in [-0.15, -0.1) is 0 Å². The summed E-state index contributed by atoms with van der Waals surface area (Å²) in [5, 5.41) is 4.30. The van der Waals surface area contributed by atoms with Gasteiger partial charge in [0.25, 0.3) is 0 Å². The van der Waals surface area contributed by atoms with Crippen molar-refractivity contribution < 1.29 is 4.74 Å². The molecule has 0 amide bonds. The summed E-state index contributed by atoms with van der Waals surface area (Å²) in [6, 6.07) is 8.00. The van der Waals surface area contributed by atoms with Crippen LogP contribution in [0.15, 0.2) is 24.3 Å². The van der Waals surface area contributed by atoms with Gasteiger partial charge in [-0.05, 0) is 50.8 Å². The predicted molar refractivity (Wildman–Crippen MR) is 85.2 cm³/mol. The molecule has 0 aromatic heterocycles. The predicted octanol–water partition coefficient (Wildman–Crippen LogP) is 4.59. The smallest absolute Gasteiger partial charge is 0.0949 e. The van der Waals surface area contributed by atoms with Gasteiger partial charge in [-0.2, -0.15) is 0 Å².